The van der Waals surface area contributed by atoms with Crippen molar-refractivity contribution in [2.45, 2.75) is 18.9 Å². The molecule has 0 aliphatic rings. The van der Waals surface area contributed by atoms with Crippen LogP contribution in [0.15, 0.2) is 40.3 Å². The minimum Gasteiger partial charge on any atom is -0.312 e. The van der Waals surface area contributed by atoms with Crippen LogP contribution in [0, 0.1) is 0 Å². The number of hydrogen-bond donors (Lipinski definition) is 1. The van der Waals surface area contributed by atoms with E-state index in [1.165, 1.54) is 4.88 Å². The standard InChI is InChI=1S/C13H15BrN2S/c1-15-12(7-5-11-3-2-8-17-11)13-6-4-10(14)9-16-13/h2-4,6,8-9,12,15H,5,7H2,1H3. The van der Waals surface area contributed by atoms with Gasteiger partial charge in [-0.15, -0.1) is 11.3 Å². The summed E-state index contributed by atoms with van der Waals surface area (Å²) in [6.45, 7) is 0. The minimum absolute atomic E-state index is 0.324. The second-order valence-corrected chi connectivity index (χ2v) is 5.81. The molecular weight excluding hydrogens is 296 g/mol. The van der Waals surface area contributed by atoms with Crippen molar-refractivity contribution in [3.63, 3.8) is 0 Å². The molecule has 0 radical (unpaired) electrons. The lowest BCUT2D eigenvalue weighted by Crippen LogP contribution is -2.18. The SMILES string of the molecule is CNC(CCc1cccs1)c1ccc(Br)cn1. The molecule has 2 aromatic heterocycles. The van der Waals surface area contributed by atoms with E-state index in [0.29, 0.717) is 6.04 Å². The van der Waals surface area contributed by atoms with Gasteiger partial charge in [-0.1, -0.05) is 6.07 Å². The summed E-state index contributed by atoms with van der Waals surface area (Å²) in [5.41, 5.74) is 1.10. The number of hydrogen-bond acceptors (Lipinski definition) is 3. The van der Waals surface area contributed by atoms with E-state index in [1.54, 1.807) is 0 Å². The Morgan fingerprint density at radius 3 is 2.88 bits per heavy atom. The van der Waals surface area contributed by atoms with Gasteiger partial charge in [0.25, 0.3) is 0 Å². The van der Waals surface area contributed by atoms with E-state index in [4.69, 9.17) is 0 Å². The van der Waals surface area contributed by atoms with Crippen molar-refractivity contribution in [2.24, 2.45) is 0 Å². The number of aromatic nitrogens is 1. The van der Waals surface area contributed by atoms with E-state index in [9.17, 15) is 0 Å². The van der Waals surface area contributed by atoms with Crippen LogP contribution in [0.5, 0.6) is 0 Å². The topological polar surface area (TPSA) is 24.9 Å². The third kappa shape index (κ3) is 3.63. The molecule has 0 aromatic carbocycles. The van der Waals surface area contributed by atoms with E-state index in [2.05, 4.69) is 49.8 Å². The molecule has 0 saturated carbocycles. The van der Waals surface area contributed by atoms with Gasteiger partial charge in [0.2, 0.25) is 0 Å². The maximum Gasteiger partial charge on any atom is 0.0574 e. The first-order chi connectivity index (χ1) is 8.29. The molecule has 0 bridgehead atoms. The summed E-state index contributed by atoms with van der Waals surface area (Å²) in [6, 6.07) is 8.72. The van der Waals surface area contributed by atoms with E-state index < -0.39 is 0 Å². The Bertz CT molecular complexity index is 439. The van der Waals surface area contributed by atoms with Gasteiger partial charge < -0.3 is 5.32 Å². The summed E-state index contributed by atoms with van der Waals surface area (Å²) >= 11 is 5.22. The van der Waals surface area contributed by atoms with Crippen LogP contribution in [0.3, 0.4) is 0 Å². The summed E-state index contributed by atoms with van der Waals surface area (Å²) in [6.07, 6.45) is 4.03. The van der Waals surface area contributed by atoms with Crippen LogP contribution in [-0.2, 0) is 6.42 Å². The molecule has 0 aliphatic heterocycles. The molecular formula is C13H15BrN2S. The zero-order valence-electron chi connectivity index (χ0n) is 9.69. The Morgan fingerprint density at radius 2 is 2.29 bits per heavy atom. The molecule has 2 rings (SSSR count). The number of halogens is 1. The average molecular weight is 311 g/mol. The van der Waals surface area contributed by atoms with Crippen molar-refractivity contribution < 1.29 is 0 Å². The third-order valence-corrected chi connectivity index (χ3v) is 4.12. The predicted molar refractivity (Wildman–Crippen MR) is 76.4 cm³/mol. The fraction of sp³-hybridized carbons (Fsp3) is 0.308. The van der Waals surface area contributed by atoms with Crippen LogP contribution in [0.1, 0.15) is 23.0 Å². The van der Waals surface area contributed by atoms with Crippen molar-refractivity contribution in [3.05, 3.63) is 50.9 Å². The fourth-order valence-electron chi connectivity index (χ4n) is 1.77. The van der Waals surface area contributed by atoms with Gasteiger partial charge in [-0.25, -0.2) is 0 Å². The zero-order chi connectivity index (χ0) is 12.1. The lowest BCUT2D eigenvalue weighted by atomic mass is 10.1. The van der Waals surface area contributed by atoms with Gasteiger partial charge in [-0.05, 0) is 59.4 Å². The molecule has 2 aromatic rings. The number of nitrogens with zero attached hydrogens (tertiary/aromatic N) is 1. The van der Waals surface area contributed by atoms with Crippen LogP contribution >= 0.6 is 27.3 Å². The molecule has 0 amide bonds. The second kappa shape index (κ2) is 6.28. The normalized spacial score (nSPS) is 12.6. The van der Waals surface area contributed by atoms with Crippen molar-refractivity contribution in [1.82, 2.24) is 10.3 Å². The van der Waals surface area contributed by atoms with Gasteiger partial charge in [0.05, 0.1) is 5.69 Å². The van der Waals surface area contributed by atoms with Crippen molar-refractivity contribution in [3.8, 4) is 0 Å². The van der Waals surface area contributed by atoms with Gasteiger partial charge >= 0.3 is 0 Å². The maximum absolute atomic E-state index is 4.44. The first kappa shape index (κ1) is 12.7. The van der Waals surface area contributed by atoms with Crippen LogP contribution in [0.25, 0.3) is 0 Å². The van der Waals surface area contributed by atoms with Gasteiger partial charge in [-0.3, -0.25) is 4.98 Å². The highest BCUT2D eigenvalue weighted by Gasteiger charge is 2.10. The van der Waals surface area contributed by atoms with E-state index in [0.717, 1.165) is 23.0 Å². The Hall–Kier alpha value is -0.710. The molecule has 0 aliphatic carbocycles. The second-order valence-electron chi connectivity index (χ2n) is 3.86. The predicted octanol–water partition coefficient (Wildman–Crippen LogP) is 3.80. The monoisotopic (exact) mass is 310 g/mol. The molecule has 2 heterocycles. The van der Waals surface area contributed by atoms with Gasteiger partial charge in [0.15, 0.2) is 0 Å². The lowest BCUT2D eigenvalue weighted by molar-refractivity contribution is 0.537. The summed E-state index contributed by atoms with van der Waals surface area (Å²) < 4.78 is 1.02. The molecule has 0 spiro atoms. The number of aryl methyl sites for hydroxylation is 1. The number of pyridine rings is 1. The van der Waals surface area contributed by atoms with Crippen LogP contribution in [-0.4, -0.2) is 12.0 Å². The lowest BCUT2D eigenvalue weighted by Gasteiger charge is -2.15. The zero-order valence-corrected chi connectivity index (χ0v) is 12.1. The molecule has 90 valence electrons. The number of rotatable bonds is 5. The van der Waals surface area contributed by atoms with Gasteiger partial charge in [0.1, 0.15) is 0 Å². The molecule has 0 fully saturated rings. The largest absolute Gasteiger partial charge is 0.312 e. The molecule has 2 nitrogen and oxygen atoms in total. The van der Waals surface area contributed by atoms with Crippen molar-refractivity contribution >= 4 is 27.3 Å². The molecule has 1 atom stereocenters. The van der Waals surface area contributed by atoms with Crippen molar-refractivity contribution in [1.29, 1.82) is 0 Å². The van der Waals surface area contributed by atoms with Gasteiger partial charge in [0, 0.05) is 21.6 Å². The number of thiophene rings is 1. The molecule has 0 saturated heterocycles. The van der Waals surface area contributed by atoms with E-state index >= 15 is 0 Å². The summed E-state index contributed by atoms with van der Waals surface area (Å²) in [7, 11) is 1.99. The highest BCUT2D eigenvalue weighted by molar-refractivity contribution is 9.10. The molecule has 1 unspecified atom stereocenters. The quantitative estimate of drug-likeness (QED) is 0.908. The summed E-state index contributed by atoms with van der Waals surface area (Å²) in [5.74, 6) is 0. The first-order valence-electron chi connectivity index (χ1n) is 5.60. The van der Waals surface area contributed by atoms with E-state index in [1.807, 2.05) is 30.6 Å². The molecule has 17 heavy (non-hydrogen) atoms. The smallest absolute Gasteiger partial charge is 0.0574 e. The van der Waals surface area contributed by atoms with Crippen molar-refractivity contribution in [2.75, 3.05) is 7.05 Å². The minimum atomic E-state index is 0.324. The summed E-state index contributed by atoms with van der Waals surface area (Å²) in [4.78, 5) is 5.88. The highest BCUT2D eigenvalue weighted by atomic mass is 79.9. The van der Waals surface area contributed by atoms with Crippen LogP contribution in [0.4, 0.5) is 0 Å². The molecule has 1 N–H and O–H groups in total. The third-order valence-electron chi connectivity index (χ3n) is 2.72. The van der Waals surface area contributed by atoms with E-state index in [-0.39, 0.29) is 0 Å². The summed E-state index contributed by atoms with van der Waals surface area (Å²) in [5, 5.41) is 5.45. The Kier molecular flexibility index (Phi) is 4.71. The maximum atomic E-state index is 4.44. The van der Waals surface area contributed by atoms with Gasteiger partial charge in [-0.2, -0.15) is 0 Å². The Balaban J connectivity index is 1.99. The fourth-order valence-corrected chi connectivity index (χ4v) is 2.73. The molecule has 4 heteroatoms. The Labute approximate surface area is 114 Å². The average Bonchev–Trinajstić information content (AvgIpc) is 2.85. The first-order valence-corrected chi connectivity index (χ1v) is 7.28. The highest BCUT2D eigenvalue weighted by Crippen LogP contribution is 2.20. The number of nitrogens with one attached hydrogen (secondary N) is 1. The van der Waals surface area contributed by atoms with Crippen LogP contribution in [0.2, 0.25) is 0 Å². The Morgan fingerprint density at radius 1 is 1.41 bits per heavy atom. The van der Waals surface area contributed by atoms with Crippen LogP contribution < -0.4 is 5.32 Å².